The van der Waals surface area contributed by atoms with E-state index in [1.165, 1.54) is 5.56 Å². The number of carbonyl (C=O) groups is 1. The minimum absolute atomic E-state index is 0.0118. The van der Waals surface area contributed by atoms with Crippen molar-refractivity contribution in [1.29, 1.82) is 5.26 Å². The molecule has 0 atom stereocenters. The van der Waals surface area contributed by atoms with Crippen molar-refractivity contribution in [2.75, 3.05) is 13.1 Å². The fraction of sp³-hybridized carbons (Fsp3) is 0.179. The van der Waals surface area contributed by atoms with Crippen molar-refractivity contribution < 1.29 is 9.21 Å². The Morgan fingerprint density at radius 1 is 0.944 bits per heavy atom. The van der Waals surface area contributed by atoms with E-state index in [0.29, 0.717) is 56.7 Å². The van der Waals surface area contributed by atoms with Crippen LogP contribution in [0.5, 0.6) is 0 Å². The maximum Gasteiger partial charge on any atom is 0.309 e. The van der Waals surface area contributed by atoms with Gasteiger partial charge in [-0.3, -0.25) is 4.79 Å². The van der Waals surface area contributed by atoms with Gasteiger partial charge in [0.1, 0.15) is 5.69 Å². The summed E-state index contributed by atoms with van der Waals surface area (Å²) in [5.41, 5.74) is 3.64. The van der Waals surface area contributed by atoms with Gasteiger partial charge in [-0.1, -0.05) is 46.9 Å². The van der Waals surface area contributed by atoms with Gasteiger partial charge >= 0.3 is 5.91 Å². The van der Waals surface area contributed by atoms with Gasteiger partial charge in [-0.25, -0.2) is 4.98 Å². The number of piperidine rings is 1. The van der Waals surface area contributed by atoms with E-state index in [9.17, 15) is 4.79 Å². The van der Waals surface area contributed by atoms with Crippen molar-refractivity contribution in [3.05, 3.63) is 98.8 Å². The highest BCUT2D eigenvalue weighted by Gasteiger charge is 2.29. The second-order valence-corrected chi connectivity index (χ2v) is 9.91. The minimum atomic E-state index is -0.264. The number of oxazole rings is 1. The maximum absolute atomic E-state index is 13.4. The summed E-state index contributed by atoms with van der Waals surface area (Å²) in [5, 5.41) is 10.5. The molecule has 36 heavy (non-hydrogen) atoms. The van der Waals surface area contributed by atoms with Crippen LogP contribution in [-0.4, -0.2) is 28.9 Å². The summed E-state index contributed by atoms with van der Waals surface area (Å²) in [7, 11) is 0. The monoisotopic (exact) mass is 535 g/mol. The Morgan fingerprint density at radius 2 is 1.61 bits per heavy atom. The average molecular weight is 537 g/mol. The highest BCUT2D eigenvalue weighted by molar-refractivity contribution is 6.36. The summed E-state index contributed by atoms with van der Waals surface area (Å²) in [6.07, 6.45) is 1.64. The lowest BCUT2D eigenvalue weighted by Gasteiger charge is -2.31. The van der Waals surface area contributed by atoms with Crippen molar-refractivity contribution in [2.24, 2.45) is 0 Å². The Balaban J connectivity index is 1.41. The van der Waals surface area contributed by atoms with E-state index < -0.39 is 0 Å². The zero-order chi connectivity index (χ0) is 25.2. The lowest BCUT2D eigenvalue weighted by atomic mass is 9.89. The molecule has 0 saturated carbocycles. The molecule has 1 aromatic heterocycles. The Hall–Kier alpha value is -3.30. The van der Waals surface area contributed by atoms with Crippen LogP contribution in [0, 0.1) is 11.3 Å². The van der Waals surface area contributed by atoms with Gasteiger partial charge in [0, 0.05) is 34.3 Å². The third kappa shape index (κ3) is 4.99. The molecule has 180 valence electrons. The van der Waals surface area contributed by atoms with Gasteiger partial charge < -0.3 is 9.32 Å². The fourth-order valence-electron chi connectivity index (χ4n) is 4.45. The molecule has 1 saturated heterocycles. The van der Waals surface area contributed by atoms with Gasteiger partial charge in [0.05, 0.1) is 16.7 Å². The number of carbonyl (C=O) groups excluding carboxylic acids is 1. The van der Waals surface area contributed by atoms with E-state index in [1.54, 1.807) is 35.2 Å². The van der Waals surface area contributed by atoms with Crippen LogP contribution in [0.4, 0.5) is 0 Å². The standard InChI is InChI=1S/C28H20Cl3N3O2/c29-21-7-5-20(6-8-21)26-25(23-10-9-22(30)15-24(23)31)33-27(36-26)28(35)34-13-11-19(12-14-34)18-3-1-17(16-32)2-4-18/h1-10,15,19H,11-14H2. The van der Waals surface area contributed by atoms with Crippen LogP contribution in [0.3, 0.4) is 0 Å². The van der Waals surface area contributed by atoms with E-state index >= 15 is 0 Å². The fourth-order valence-corrected chi connectivity index (χ4v) is 5.08. The molecule has 0 spiro atoms. The molecule has 0 bridgehead atoms. The number of likely N-dealkylation sites (tertiary alicyclic amines) is 1. The quantitative estimate of drug-likeness (QED) is 0.266. The smallest absolute Gasteiger partial charge is 0.309 e. The summed E-state index contributed by atoms with van der Waals surface area (Å²) in [5.74, 6) is 0.517. The summed E-state index contributed by atoms with van der Waals surface area (Å²) in [6.45, 7) is 1.17. The normalized spacial score (nSPS) is 14.0. The number of amides is 1. The van der Waals surface area contributed by atoms with Crippen LogP contribution in [0.25, 0.3) is 22.6 Å². The van der Waals surface area contributed by atoms with Crippen LogP contribution in [0.1, 0.15) is 40.6 Å². The second kappa shape index (κ2) is 10.4. The van der Waals surface area contributed by atoms with E-state index in [-0.39, 0.29) is 11.8 Å². The van der Waals surface area contributed by atoms with Gasteiger partial charge in [-0.05, 0) is 78.9 Å². The van der Waals surface area contributed by atoms with Crippen LogP contribution in [-0.2, 0) is 0 Å². The third-order valence-corrected chi connectivity index (χ3v) is 7.20. The molecule has 3 aromatic carbocycles. The molecular weight excluding hydrogens is 517 g/mol. The van der Waals surface area contributed by atoms with E-state index in [4.69, 9.17) is 44.5 Å². The van der Waals surface area contributed by atoms with Crippen molar-refractivity contribution >= 4 is 40.7 Å². The summed E-state index contributed by atoms with van der Waals surface area (Å²) in [4.78, 5) is 19.8. The van der Waals surface area contributed by atoms with Crippen LogP contribution in [0.15, 0.2) is 71.1 Å². The number of hydrogen-bond acceptors (Lipinski definition) is 4. The maximum atomic E-state index is 13.4. The molecule has 8 heteroatoms. The highest BCUT2D eigenvalue weighted by atomic mass is 35.5. The number of hydrogen-bond donors (Lipinski definition) is 0. The van der Waals surface area contributed by atoms with E-state index in [2.05, 4.69) is 11.1 Å². The van der Waals surface area contributed by atoms with Crippen LogP contribution >= 0.6 is 34.8 Å². The molecule has 5 rings (SSSR count). The highest BCUT2D eigenvalue weighted by Crippen LogP contribution is 2.38. The number of benzene rings is 3. The molecule has 2 heterocycles. The number of halogens is 3. The van der Waals surface area contributed by atoms with Crippen molar-refractivity contribution in [1.82, 2.24) is 9.88 Å². The molecule has 5 nitrogen and oxygen atoms in total. The van der Waals surface area contributed by atoms with E-state index in [0.717, 1.165) is 18.4 Å². The number of aromatic nitrogens is 1. The van der Waals surface area contributed by atoms with Gasteiger partial charge in [0.15, 0.2) is 5.76 Å². The van der Waals surface area contributed by atoms with Gasteiger partial charge in [-0.2, -0.15) is 5.26 Å². The van der Waals surface area contributed by atoms with Gasteiger partial charge in [0.2, 0.25) is 0 Å². The molecular formula is C28H20Cl3N3O2. The first kappa shape index (κ1) is 24.4. The first-order valence-corrected chi connectivity index (χ1v) is 12.6. The predicted molar refractivity (Wildman–Crippen MR) is 141 cm³/mol. The van der Waals surface area contributed by atoms with Gasteiger partial charge in [0.25, 0.3) is 5.89 Å². The zero-order valence-electron chi connectivity index (χ0n) is 19.0. The van der Waals surface area contributed by atoms with Crippen molar-refractivity contribution in [2.45, 2.75) is 18.8 Å². The Bertz CT molecular complexity index is 1450. The second-order valence-electron chi connectivity index (χ2n) is 8.63. The largest absolute Gasteiger partial charge is 0.432 e. The molecule has 4 aromatic rings. The first-order chi connectivity index (χ1) is 17.4. The molecule has 0 radical (unpaired) electrons. The number of nitriles is 1. The SMILES string of the molecule is N#Cc1ccc(C2CCN(C(=O)c3nc(-c4ccc(Cl)cc4Cl)c(-c4ccc(Cl)cc4)o3)CC2)cc1. The third-order valence-electron chi connectivity index (χ3n) is 6.40. The number of nitrogens with zero attached hydrogens (tertiary/aromatic N) is 3. The Morgan fingerprint density at radius 3 is 2.25 bits per heavy atom. The molecule has 0 unspecified atom stereocenters. The van der Waals surface area contributed by atoms with Gasteiger partial charge in [-0.15, -0.1) is 0 Å². The molecule has 1 aliphatic heterocycles. The van der Waals surface area contributed by atoms with Crippen molar-refractivity contribution in [3.63, 3.8) is 0 Å². The topological polar surface area (TPSA) is 70.1 Å². The Labute approximate surface area is 223 Å². The average Bonchev–Trinajstić information content (AvgIpc) is 3.34. The molecule has 1 fully saturated rings. The lowest BCUT2D eigenvalue weighted by Crippen LogP contribution is -2.38. The van der Waals surface area contributed by atoms with E-state index in [1.807, 2.05) is 36.4 Å². The predicted octanol–water partition coefficient (Wildman–Crippen LogP) is 7.86. The molecule has 1 aliphatic rings. The minimum Gasteiger partial charge on any atom is -0.432 e. The molecule has 0 aliphatic carbocycles. The number of rotatable bonds is 4. The van der Waals surface area contributed by atoms with Crippen LogP contribution < -0.4 is 0 Å². The molecule has 1 amide bonds. The van der Waals surface area contributed by atoms with Crippen molar-refractivity contribution in [3.8, 4) is 28.7 Å². The summed E-state index contributed by atoms with van der Waals surface area (Å²) in [6, 6.07) is 22.1. The summed E-state index contributed by atoms with van der Waals surface area (Å²) < 4.78 is 6.06. The van der Waals surface area contributed by atoms with Crippen LogP contribution in [0.2, 0.25) is 15.1 Å². The zero-order valence-corrected chi connectivity index (χ0v) is 21.3. The summed E-state index contributed by atoms with van der Waals surface area (Å²) >= 11 is 18.6. The Kier molecular flexibility index (Phi) is 7.02. The first-order valence-electron chi connectivity index (χ1n) is 11.4. The molecule has 0 N–H and O–H groups in total. The lowest BCUT2D eigenvalue weighted by molar-refractivity contribution is 0.0673.